The summed E-state index contributed by atoms with van der Waals surface area (Å²) >= 11 is 0. The van der Waals surface area contributed by atoms with Crippen LogP contribution in [0.5, 0.6) is 11.5 Å². The Balaban J connectivity index is 2.41. The fraction of sp³-hybridized carbons (Fsp3) is 0.143. The second kappa shape index (κ2) is 5.84. The number of aliphatic hydroxyl groups is 1. The lowest BCUT2D eigenvalue weighted by Gasteiger charge is -2.14. The molecule has 2 aromatic rings. The zero-order valence-corrected chi connectivity index (χ0v) is 10.9. The van der Waals surface area contributed by atoms with Crippen molar-refractivity contribution in [1.82, 2.24) is 0 Å². The molecule has 0 aliphatic rings. The molecule has 0 saturated heterocycles. The Morgan fingerprint density at radius 2 is 1.95 bits per heavy atom. The molecule has 0 amide bonds. The molecule has 0 fully saturated rings. The van der Waals surface area contributed by atoms with E-state index in [0.29, 0.717) is 6.07 Å². The predicted molar refractivity (Wildman–Crippen MR) is 70.2 cm³/mol. The Morgan fingerprint density at radius 3 is 2.52 bits per heavy atom. The third-order valence-electron chi connectivity index (χ3n) is 2.79. The maximum absolute atomic E-state index is 13.8. The van der Waals surface area contributed by atoms with Crippen LogP contribution in [0.3, 0.4) is 0 Å². The van der Waals surface area contributed by atoms with Gasteiger partial charge in [0.15, 0.2) is 23.1 Å². The number of benzene rings is 2. The minimum absolute atomic E-state index is 0.146. The first-order valence-corrected chi connectivity index (χ1v) is 5.98. The van der Waals surface area contributed by atoms with E-state index >= 15 is 0 Å². The highest BCUT2D eigenvalue weighted by Gasteiger charge is 2.18. The van der Waals surface area contributed by atoms with Gasteiger partial charge < -0.3 is 9.84 Å². The fourth-order valence-electron chi connectivity index (χ4n) is 1.76. The number of non-ortho nitro benzene ring substituents is 1. The molecule has 2 rings (SSSR count). The van der Waals surface area contributed by atoms with Crippen LogP contribution < -0.4 is 4.74 Å². The molecule has 0 aliphatic heterocycles. The highest BCUT2D eigenvalue weighted by Crippen LogP contribution is 2.34. The minimum Gasteiger partial charge on any atom is -0.451 e. The Kier molecular flexibility index (Phi) is 4.13. The molecular formula is C14H11F2NO4. The van der Waals surface area contributed by atoms with Crippen molar-refractivity contribution in [3.63, 3.8) is 0 Å². The molecule has 21 heavy (non-hydrogen) atoms. The van der Waals surface area contributed by atoms with Crippen molar-refractivity contribution in [2.45, 2.75) is 13.0 Å². The van der Waals surface area contributed by atoms with Crippen LogP contribution in [0.15, 0.2) is 36.4 Å². The van der Waals surface area contributed by atoms with E-state index < -0.39 is 28.3 Å². The van der Waals surface area contributed by atoms with Crippen LogP contribution in [0.25, 0.3) is 0 Å². The number of nitro groups is 1. The number of ether oxygens (including phenoxy) is 1. The molecule has 7 heteroatoms. The highest BCUT2D eigenvalue weighted by molar-refractivity contribution is 5.43. The van der Waals surface area contributed by atoms with Gasteiger partial charge in [-0.05, 0) is 19.1 Å². The number of aliphatic hydroxyl groups excluding tert-OH is 1. The lowest BCUT2D eigenvalue weighted by atomic mass is 10.1. The van der Waals surface area contributed by atoms with Crippen molar-refractivity contribution in [2.75, 3.05) is 0 Å². The summed E-state index contributed by atoms with van der Waals surface area (Å²) < 4.78 is 32.6. The number of halogens is 2. The van der Waals surface area contributed by atoms with Crippen LogP contribution in [0.1, 0.15) is 18.6 Å². The quantitative estimate of drug-likeness (QED) is 0.689. The van der Waals surface area contributed by atoms with Crippen molar-refractivity contribution in [3.05, 3.63) is 63.7 Å². The monoisotopic (exact) mass is 295 g/mol. The third kappa shape index (κ3) is 3.14. The first-order chi connectivity index (χ1) is 9.90. The van der Waals surface area contributed by atoms with E-state index in [1.807, 2.05) is 0 Å². The SMILES string of the molecule is C[C@@H](O)c1cccc(F)c1Oc1ccc([N+](=O)[O-])cc1F. The van der Waals surface area contributed by atoms with Gasteiger partial charge in [0.25, 0.3) is 5.69 Å². The maximum Gasteiger partial charge on any atom is 0.272 e. The Bertz CT molecular complexity index is 689. The minimum atomic E-state index is -1.02. The first kappa shape index (κ1) is 14.9. The van der Waals surface area contributed by atoms with Crippen molar-refractivity contribution >= 4 is 5.69 Å². The summed E-state index contributed by atoms with van der Waals surface area (Å²) in [4.78, 5) is 9.77. The molecule has 1 atom stereocenters. The Morgan fingerprint density at radius 1 is 1.24 bits per heavy atom. The summed E-state index contributed by atoms with van der Waals surface area (Å²) in [6, 6.07) is 6.68. The van der Waals surface area contributed by atoms with Gasteiger partial charge in [0.2, 0.25) is 0 Å². The number of para-hydroxylation sites is 1. The van der Waals surface area contributed by atoms with Crippen molar-refractivity contribution in [1.29, 1.82) is 0 Å². The molecule has 5 nitrogen and oxygen atoms in total. The van der Waals surface area contributed by atoms with E-state index in [1.165, 1.54) is 19.1 Å². The molecule has 0 saturated carbocycles. The van der Waals surface area contributed by atoms with E-state index in [1.54, 1.807) is 0 Å². The standard InChI is InChI=1S/C14H11F2NO4/c1-8(18)10-3-2-4-11(15)14(10)21-13-6-5-9(17(19)20)7-12(13)16/h2-8,18H,1H3/t8-/m1/s1. The average Bonchev–Trinajstić information content (AvgIpc) is 2.42. The molecular weight excluding hydrogens is 284 g/mol. The van der Waals surface area contributed by atoms with Crippen LogP contribution in [0, 0.1) is 21.7 Å². The van der Waals surface area contributed by atoms with Crippen molar-refractivity contribution in [2.24, 2.45) is 0 Å². The second-order valence-corrected chi connectivity index (χ2v) is 4.31. The molecule has 2 aromatic carbocycles. The Labute approximate surface area is 118 Å². The lowest BCUT2D eigenvalue weighted by molar-refractivity contribution is -0.385. The fourth-order valence-corrected chi connectivity index (χ4v) is 1.76. The van der Waals surface area contributed by atoms with Gasteiger partial charge in [0.05, 0.1) is 17.1 Å². The van der Waals surface area contributed by atoms with Crippen LogP contribution in [-0.2, 0) is 0 Å². The first-order valence-electron chi connectivity index (χ1n) is 5.98. The molecule has 0 aliphatic carbocycles. The Hall–Kier alpha value is -2.54. The van der Waals surface area contributed by atoms with E-state index in [9.17, 15) is 24.0 Å². The van der Waals surface area contributed by atoms with Gasteiger partial charge in [-0.3, -0.25) is 10.1 Å². The summed E-state index contributed by atoms with van der Waals surface area (Å²) in [6.07, 6.45) is -1.02. The summed E-state index contributed by atoms with van der Waals surface area (Å²) in [5.41, 5.74) is -0.295. The largest absolute Gasteiger partial charge is 0.451 e. The zero-order chi connectivity index (χ0) is 15.6. The molecule has 0 radical (unpaired) electrons. The van der Waals surface area contributed by atoms with Crippen molar-refractivity contribution < 1.29 is 23.5 Å². The van der Waals surface area contributed by atoms with E-state index in [4.69, 9.17) is 4.74 Å². The van der Waals surface area contributed by atoms with Crippen LogP contribution >= 0.6 is 0 Å². The summed E-state index contributed by atoms with van der Waals surface area (Å²) in [7, 11) is 0. The summed E-state index contributed by atoms with van der Waals surface area (Å²) in [5, 5.41) is 20.1. The van der Waals surface area contributed by atoms with Gasteiger partial charge >= 0.3 is 0 Å². The third-order valence-corrected chi connectivity index (χ3v) is 2.79. The van der Waals surface area contributed by atoms with E-state index in [2.05, 4.69) is 0 Å². The topological polar surface area (TPSA) is 72.6 Å². The van der Waals surface area contributed by atoms with Gasteiger partial charge in [-0.2, -0.15) is 0 Å². The predicted octanol–water partition coefficient (Wildman–Crippen LogP) is 3.72. The molecule has 0 heterocycles. The van der Waals surface area contributed by atoms with Crippen LogP contribution in [0.2, 0.25) is 0 Å². The molecule has 0 aromatic heterocycles. The number of nitro benzene ring substituents is 1. The second-order valence-electron chi connectivity index (χ2n) is 4.31. The number of nitrogens with zero attached hydrogens (tertiary/aromatic N) is 1. The summed E-state index contributed by atoms with van der Waals surface area (Å²) in [5.74, 6) is -2.46. The van der Waals surface area contributed by atoms with Gasteiger partial charge in [-0.15, -0.1) is 0 Å². The lowest BCUT2D eigenvalue weighted by Crippen LogP contribution is -2.00. The smallest absolute Gasteiger partial charge is 0.272 e. The number of rotatable bonds is 4. The highest BCUT2D eigenvalue weighted by atomic mass is 19.1. The van der Waals surface area contributed by atoms with Gasteiger partial charge in [0.1, 0.15) is 0 Å². The van der Waals surface area contributed by atoms with Crippen LogP contribution in [0.4, 0.5) is 14.5 Å². The number of hydrogen-bond acceptors (Lipinski definition) is 4. The summed E-state index contributed by atoms with van der Waals surface area (Å²) in [6.45, 7) is 1.41. The van der Waals surface area contributed by atoms with Gasteiger partial charge in [-0.25, -0.2) is 8.78 Å². The zero-order valence-electron chi connectivity index (χ0n) is 10.9. The molecule has 0 unspecified atom stereocenters. The molecule has 0 spiro atoms. The number of hydrogen-bond donors (Lipinski definition) is 1. The molecule has 110 valence electrons. The van der Waals surface area contributed by atoms with Crippen LogP contribution in [-0.4, -0.2) is 10.0 Å². The van der Waals surface area contributed by atoms with Gasteiger partial charge in [-0.1, -0.05) is 12.1 Å². The van der Waals surface area contributed by atoms with Gasteiger partial charge in [0, 0.05) is 11.6 Å². The normalized spacial score (nSPS) is 12.0. The average molecular weight is 295 g/mol. The molecule has 1 N–H and O–H groups in total. The maximum atomic E-state index is 13.8. The molecule has 0 bridgehead atoms. The van der Waals surface area contributed by atoms with E-state index in [-0.39, 0.29) is 17.1 Å². The van der Waals surface area contributed by atoms with E-state index in [0.717, 1.165) is 18.2 Å². The van der Waals surface area contributed by atoms with Crippen molar-refractivity contribution in [3.8, 4) is 11.5 Å².